The van der Waals surface area contributed by atoms with E-state index in [9.17, 15) is 0 Å². The van der Waals surface area contributed by atoms with E-state index in [1.807, 2.05) is 24.3 Å². The van der Waals surface area contributed by atoms with Gasteiger partial charge in [-0.3, -0.25) is 0 Å². The number of nitrogens with two attached hydrogens (primary N) is 1. The molecule has 0 saturated carbocycles. The van der Waals surface area contributed by atoms with E-state index in [0.717, 1.165) is 11.3 Å². The number of ether oxygens (including phenoxy) is 1. The Balaban J connectivity index is 2.38. The minimum atomic E-state index is -0.324. The maximum Gasteiger partial charge on any atom is 0.172 e. The highest BCUT2D eigenvalue weighted by molar-refractivity contribution is 7.80. The van der Waals surface area contributed by atoms with Crippen LogP contribution < -0.4 is 21.1 Å². The molecule has 0 aliphatic carbocycles. The number of thiocarbonyl (C=S) groups is 1. The molecule has 6 heteroatoms. The average molecular weight is 260 g/mol. The molecule has 1 atom stereocenters. The average Bonchev–Trinajstić information content (AvgIpc) is 2.38. The normalized spacial score (nSPS) is 18.7. The first-order valence-electron chi connectivity index (χ1n) is 5.27. The van der Waals surface area contributed by atoms with Gasteiger partial charge in [-0.25, -0.2) is 0 Å². The maximum absolute atomic E-state index is 9.14. The molecule has 18 heavy (non-hydrogen) atoms. The predicted octanol–water partition coefficient (Wildman–Crippen LogP) is 0.908. The summed E-state index contributed by atoms with van der Waals surface area (Å²) in [6.07, 6.45) is 0. The van der Waals surface area contributed by atoms with Crippen LogP contribution in [0.2, 0.25) is 0 Å². The standard InChI is InChI=1S/C12H12N4OS/c1-17-8-4-2-7(3-5-8)10-9(6-13)11(14)16-12(18)15-10/h2-5,10H,14H2,1H3,(H2,15,16,18). The van der Waals surface area contributed by atoms with E-state index in [0.29, 0.717) is 16.5 Å². The molecule has 0 bridgehead atoms. The zero-order valence-corrected chi connectivity index (χ0v) is 10.5. The monoisotopic (exact) mass is 260 g/mol. The van der Waals surface area contributed by atoms with Gasteiger partial charge in [0.1, 0.15) is 17.6 Å². The zero-order valence-electron chi connectivity index (χ0n) is 9.73. The van der Waals surface area contributed by atoms with Crippen LogP contribution in [0.25, 0.3) is 0 Å². The molecule has 1 aromatic carbocycles. The summed E-state index contributed by atoms with van der Waals surface area (Å²) in [6.45, 7) is 0. The van der Waals surface area contributed by atoms with Crippen molar-refractivity contribution in [2.45, 2.75) is 6.04 Å². The lowest BCUT2D eigenvalue weighted by atomic mass is 9.98. The third kappa shape index (κ3) is 2.21. The molecule has 1 heterocycles. The van der Waals surface area contributed by atoms with E-state index >= 15 is 0 Å². The Morgan fingerprint density at radius 3 is 2.61 bits per heavy atom. The molecular weight excluding hydrogens is 248 g/mol. The van der Waals surface area contributed by atoms with Crippen molar-refractivity contribution in [2.75, 3.05) is 7.11 Å². The molecule has 0 fully saturated rings. The number of hydrogen-bond donors (Lipinski definition) is 3. The van der Waals surface area contributed by atoms with Crippen LogP contribution in [0.3, 0.4) is 0 Å². The minimum absolute atomic E-state index is 0.294. The molecule has 92 valence electrons. The van der Waals surface area contributed by atoms with Gasteiger partial charge in [-0.2, -0.15) is 5.26 Å². The summed E-state index contributed by atoms with van der Waals surface area (Å²) in [6, 6.07) is 9.16. The predicted molar refractivity (Wildman–Crippen MR) is 71.4 cm³/mol. The first-order chi connectivity index (χ1) is 8.65. The third-order valence-corrected chi connectivity index (χ3v) is 2.89. The van der Waals surface area contributed by atoms with Crippen molar-refractivity contribution in [1.82, 2.24) is 10.6 Å². The van der Waals surface area contributed by atoms with Gasteiger partial charge in [-0.15, -0.1) is 0 Å². The van der Waals surface area contributed by atoms with Crippen molar-refractivity contribution < 1.29 is 4.74 Å². The Hall–Kier alpha value is -2.26. The zero-order chi connectivity index (χ0) is 13.1. The fourth-order valence-electron chi connectivity index (χ4n) is 1.76. The number of nitriles is 1. The fourth-order valence-corrected chi connectivity index (χ4v) is 1.98. The molecule has 5 nitrogen and oxygen atoms in total. The number of rotatable bonds is 2. The molecule has 0 amide bonds. The lowest BCUT2D eigenvalue weighted by Crippen LogP contribution is -2.45. The van der Waals surface area contributed by atoms with Crippen LogP contribution in [-0.4, -0.2) is 12.2 Å². The van der Waals surface area contributed by atoms with E-state index in [1.165, 1.54) is 0 Å². The third-order valence-electron chi connectivity index (χ3n) is 2.67. The molecule has 0 aromatic heterocycles. The van der Waals surface area contributed by atoms with Gasteiger partial charge < -0.3 is 21.1 Å². The smallest absolute Gasteiger partial charge is 0.172 e. The molecular formula is C12H12N4OS. The highest BCUT2D eigenvalue weighted by Gasteiger charge is 2.25. The topological polar surface area (TPSA) is 83.1 Å². The number of nitrogens with one attached hydrogen (secondary N) is 2. The van der Waals surface area contributed by atoms with Crippen molar-refractivity contribution in [3.8, 4) is 11.8 Å². The van der Waals surface area contributed by atoms with Gasteiger partial charge in [-0.1, -0.05) is 12.1 Å². The van der Waals surface area contributed by atoms with Gasteiger partial charge in [0.2, 0.25) is 0 Å². The highest BCUT2D eigenvalue weighted by Crippen LogP contribution is 2.26. The SMILES string of the molecule is COc1ccc(C2NC(=S)NC(N)=C2C#N)cc1. The molecule has 0 saturated heterocycles. The van der Waals surface area contributed by atoms with Crippen molar-refractivity contribution in [3.05, 3.63) is 41.2 Å². The second kappa shape index (κ2) is 4.94. The lowest BCUT2D eigenvalue weighted by molar-refractivity contribution is 0.414. The Kier molecular flexibility index (Phi) is 3.35. The van der Waals surface area contributed by atoms with E-state index in [1.54, 1.807) is 7.11 Å². The molecule has 1 aromatic rings. The van der Waals surface area contributed by atoms with Crippen molar-refractivity contribution in [2.24, 2.45) is 5.73 Å². The summed E-state index contributed by atoms with van der Waals surface area (Å²) in [4.78, 5) is 0. The first-order valence-corrected chi connectivity index (χ1v) is 5.67. The van der Waals surface area contributed by atoms with E-state index in [2.05, 4.69) is 16.7 Å². The number of benzene rings is 1. The van der Waals surface area contributed by atoms with Crippen LogP contribution in [0.4, 0.5) is 0 Å². The Bertz CT molecular complexity index is 544. The van der Waals surface area contributed by atoms with Crippen molar-refractivity contribution in [3.63, 3.8) is 0 Å². The molecule has 1 unspecified atom stereocenters. The van der Waals surface area contributed by atoms with Crippen LogP contribution in [-0.2, 0) is 0 Å². The van der Waals surface area contributed by atoms with Crippen LogP contribution in [0.15, 0.2) is 35.7 Å². The van der Waals surface area contributed by atoms with Gasteiger partial charge >= 0.3 is 0 Å². The molecule has 0 radical (unpaired) electrons. The van der Waals surface area contributed by atoms with Crippen molar-refractivity contribution >= 4 is 17.3 Å². The molecule has 0 spiro atoms. The Labute approximate surface area is 110 Å². The molecule has 1 aliphatic heterocycles. The summed E-state index contributed by atoms with van der Waals surface area (Å²) in [5.74, 6) is 1.05. The summed E-state index contributed by atoms with van der Waals surface area (Å²) < 4.78 is 5.09. The van der Waals surface area contributed by atoms with Crippen LogP contribution in [0, 0.1) is 11.3 Å². The largest absolute Gasteiger partial charge is 0.497 e. The minimum Gasteiger partial charge on any atom is -0.497 e. The van der Waals surface area contributed by atoms with E-state index in [4.69, 9.17) is 28.0 Å². The van der Waals surface area contributed by atoms with Gasteiger partial charge in [0.25, 0.3) is 0 Å². The Morgan fingerprint density at radius 2 is 2.06 bits per heavy atom. The second-order valence-electron chi connectivity index (χ2n) is 3.74. The molecule has 4 N–H and O–H groups in total. The Morgan fingerprint density at radius 1 is 1.39 bits per heavy atom. The molecule has 2 rings (SSSR count). The lowest BCUT2D eigenvalue weighted by Gasteiger charge is -2.27. The summed E-state index contributed by atoms with van der Waals surface area (Å²) in [5, 5.41) is 15.3. The van der Waals surface area contributed by atoms with E-state index < -0.39 is 0 Å². The van der Waals surface area contributed by atoms with Gasteiger partial charge in [-0.05, 0) is 29.9 Å². The van der Waals surface area contributed by atoms with Gasteiger partial charge in [0.05, 0.1) is 18.7 Å². The van der Waals surface area contributed by atoms with Crippen molar-refractivity contribution in [1.29, 1.82) is 5.26 Å². The van der Waals surface area contributed by atoms with Crippen LogP contribution in [0.1, 0.15) is 11.6 Å². The number of hydrogen-bond acceptors (Lipinski definition) is 4. The van der Waals surface area contributed by atoms with Crippen LogP contribution in [0.5, 0.6) is 5.75 Å². The molecule has 1 aliphatic rings. The van der Waals surface area contributed by atoms with Gasteiger partial charge in [0, 0.05) is 0 Å². The van der Waals surface area contributed by atoms with Crippen LogP contribution >= 0.6 is 12.2 Å². The highest BCUT2D eigenvalue weighted by atomic mass is 32.1. The maximum atomic E-state index is 9.14. The number of nitrogens with zero attached hydrogens (tertiary/aromatic N) is 1. The second-order valence-corrected chi connectivity index (χ2v) is 4.15. The number of methoxy groups -OCH3 is 1. The summed E-state index contributed by atoms with van der Waals surface area (Å²) >= 11 is 5.04. The van der Waals surface area contributed by atoms with E-state index in [-0.39, 0.29) is 6.04 Å². The summed E-state index contributed by atoms with van der Waals surface area (Å²) in [7, 11) is 1.60. The quantitative estimate of drug-likeness (QED) is 0.686. The first kappa shape index (κ1) is 12.2. The summed E-state index contributed by atoms with van der Waals surface area (Å²) in [5.41, 5.74) is 7.08. The van der Waals surface area contributed by atoms with Gasteiger partial charge in [0.15, 0.2) is 5.11 Å². The fraction of sp³-hybridized carbons (Fsp3) is 0.167.